The third-order valence-corrected chi connectivity index (χ3v) is 5.84. The highest BCUT2D eigenvalue weighted by Gasteiger charge is 2.22. The highest BCUT2D eigenvalue weighted by atomic mass is 32.2. The van der Waals surface area contributed by atoms with Crippen LogP contribution >= 0.6 is 0 Å². The molecule has 0 saturated carbocycles. The van der Waals surface area contributed by atoms with Gasteiger partial charge in [-0.15, -0.1) is 0 Å². The van der Waals surface area contributed by atoms with Gasteiger partial charge in [-0.3, -0.25) is 0 Å². The summed E-state index contributed by atoms with van der Waals surface area (Å²) in [6, 6.07) is 0. The van der Waals surface area contributed by atoms with Crippen LogP contribution in [-0.4, -0.2) is 57.5 Å². The van der Waals surface area contributed by atoms with Gasteiger partial charge in [0.25, 0.3) is 0 Å². The maximum absolute atomic E-state index is 12.1. The summed E-state index contributed by atoms with van der Waals surface area (Å²) in [6.45, 7) is 4.83. The first-order valence-electron chi connectivity index (χ1n) is 7.29. The van der Waals surface area contributed by atoms with Crippen LogP contribution in [0.2, 0.25) is 0 Å². The number of nitrogens with zero attached hydrogens (tertiary/aromatic N) is 1. The Bertz CT molecular complexity index is 331. The van der Waals surface area contributed by atoms with E-state index in [9.17, 15) is 8.42 Å². The molecule has 2 fully saturated rings. The maximum atomic E-state index is 12.1. The van der Waals surface area contributed by atoms with Crippen molar-refractivity contribution in [1.29, 1.82) is 0 Å². The molecular formula is C13H26N2O2S. The number of hydrogen-bond acceptors (Lipinski definition) is 4. The molecule has 2 aliphatic rings. The molecule has 5 heteroatoms. The fourth-order valence-electron chi connectivity index (χ4n) is 2.96. The average molecular weight is 274 g/mol. The van der Waals surface area contributed by atoms with Gasteiger partial charge in [0.05, 0.1) is 11.5 Å². The Morgan fingerprint density at radius 1 is 1.11 bits per heavy atom. The van der Waals surface area contributed by atoms with Gasteiger partial charge in [0, 0.05) is 6.54 Å². The van der Waals surface area contributed by atoms with E-state index in [0.29, 0.717) is 17.4 Å². The number of likely N-dealkylation sites (tertiary alicyclic amines) is 1. The Morgan fingerprint density at radius 2 is 1.89 bits per heavy atom. The molecule has 2 aliphatic heterocycles. The van der Waals surface area contributed by atoms with Gasteiger partial charge in [-0.2, -0.15) is 0 Å². The van der Waals surface area contributed by atoms with E-state index < -0.39 is 9.84 Å². The minimum absolute atomic E-state index is 0.338. The fraction of sp³-hybridized carbons (Fsp3) is 1.00. The van der Waals surface area contributed by atoms with Crippen LogP contribution in [0.15, 0.2) is 0 Å². The van der Waals surface area contributed by atoms with E-state index >= 15 is 0 Å². The molecule has 1 N–H and O–H groups in total. The fourth-order valence-corrected chi connectivity index (χ4v) is 4.67. The number of hydrogen-bond donors (Lipinski definition) is 1. The molecular weight excluding hydrogens is 248 g/mol. The van der Waals surface area contributed by atoms with Gasteiger partial charge in [0.2, 0.25) is 0 Å². The lowest BCUT2D eigenvalue weighted by molar-refractivity contribution is 0.241. The normalized spacial score (nSPS) is 27.2. The van der Waals surface area contributed by atoms with Crippen molar-refractivity contribution in [3.8, 4) is 0 Å². The first kappa shape index (κ1) is 14.3. The van der Waals surface area contributed by atoms with Gasteiger partial charge in [-0.05, 0) is 57.8 Å². The number of piperidine rings is 2. The number of sulfone groups is 1. The number of nitrogens with one attached hydrogen (secondary N) is 1. The van der Waals surface area contributed by atoms with Gasteiger partial charge in [-0.1, -0.05) is 6.42 Å². The first-order valence-corrected chi connectivity index (χ1v) is 9.11. The largest absolute Gasteiger partial charge is 0.316 e. The van der Waals surface area contributed by atoms with E-state index in [1.165, 1.54) is 19.3 Å². The molecule has 2 saturated heterocycles. The van der Waals surface area contributed by atoms with E-state index in [1.54, 1.807) is 0 Å². The molecule has 0 spiro atoms. The predicted octanol–water partition coefficient (Wildman–Crippen LogP) is 0.887. The maximum Gasteiger partial charge on any atom is 0.151 e. The highest BCUT2D eigenvalue weighted by Crippen LogP contribution is 2.14. The molecule has 2 heterocycles. The van der Waals surface area contributed by atoms with E-state index in [2.05, 4.69) is 10.2 Å². The average Bonchev–Trinajstić information content (AvgIpc) is 2.38. The molecule has 106 valence electrons. The molecule has 0 radical (unpaired) electrons. The second-order valence-electron chi connectivity index (χ2n) is 5.73. The topological polar surface area (TPSA) is 49.4 Å². The predicted molar refractivity (Wildman–Crippen MR) is 74.5 cm³/mol. The van der Waals surface area contributed by atoms with Crippen LogP contribution in [-0.2, 0) is 9.84 Å². The summed E-state index contributed by atoms with van der Waals surface area (Å²) in [5.41, 5.74) is 0. The van der Waals surface area contributed by atoms with E-state index in [1.807, 2.05) is 0 Å². The first-order chi connectivity index (χ1) is 8.66. The van der Waals surface area contributed by atoms with Crippen LogP contribution in [0.1, 0.15) is 32.1 Å². The Hall–Kier alpha value is -0.130. The summed E-state index contributed by atoms with van der Waals surface area (Å²) in [5, 5.41) is 3.29. The van der Waals surface area contributed by atoms with Crippen molar-refractivity contribution in [2.24, 2.45) is 5.92 Å². The minimum Gasteiger partial charge on any atom is -0.316 e. The van der Waals surface area contributed by atoms with Gasteiger partial charge in [0.15, 0.2) is 9.84 Å². The zero-order chi connectivity index (χ0) is 12.8. The molecule has 18 heavy (non-hydrogen) atoms. The van der Waals surface area contributed by atoms with Crippen LogP contribution in [0.25, 0.3) is 0 Å². The molecule has 0 aromatic rings. The Labute approximate surface area is 111 Å². The quantitative estimate of drug-likeness (QED) is 0.809. The van der Waals surface area contributed by atoms with Crippen molar-refractivity contribution in [1.82, 2.24) is 10.2 Å². The molecule has 0 aliphatic carbocycles. The molecule has 0 amide bonds. The monoisotopic (exact) mass is 274 g/mol. The highest BCUT2D eigenvalue weighted by molar-refractivity contribution is 7.91. The van der Waals surface area contributed by atoms with Gasteiger partial charge in [-0.25, -0.2) is 8.42 Å². The lowest BCUT2D eigenvalue weighted by atomic mass is 10.0. The van der Waals surface area contributed by atoms with E-state index in [0.717, 1.165) is 45.6 Å². The Morgan fingerprint density at radius 3 is 2.56 bits per heavy atom. The van der Waals surface area contributed by atoms with Crippen LogP contribution in [0.4, 0.5) is 0 Å². The summed E-state index contributed by atoms with van der Waals surface area (Å²) in [7, 11) is -2.86. The van der Waals surface area contributed by atoms with Crippen LogP contribution in [0.3, 0.4) is 0 Å². The van der Waals surface area contributed by atoms with Crippen LogP contribution in [0, 0.1) is 5.92 Å². The van der Waals surface area contributed by atoms with Crippen molar-refractivity contribution < 1.29 is 8.42 Å². The van der Waals surface area contributed by atoms with E-state index in [-0.39, 0.29) is 0 Å². The van der Waals surface area contributed by atoms with Crippen molar-refractivity contribution in [2.75, 3.05) is 44.2 Å². The molecule has 4 nitrogen and oxygen atoms in total. The van der Waals surface area contributed by atoms with Crippen molar-refractivity contribution in [3.63, 3.8) is 0 Å². The summed E-state index contributed by atoms with van der Waals surface area (Å²) in [4.78, 5) is 2.31. The molecule has 0 aromatic heterocycles. The van der Waals surface area contributed by atoms with Gasteiger partial charge >= 0.3 is 0 Å². The zero-order valence-electron chi connectivity index (χ0n) is 11.2. The Kier molecular flexibility index (Phi) is 5.45. The minimum atomic E-state index is -2.86. The third kappa shape index (κ3) is 4.86. The van der Waals surface area contributed by atoms with Crippen molar-refractivity contribution in [2.45, 2.75) is 32.1 Å². The van der Waals surface area contributed by atoms with E-state index in [4.69, 9.17) is 0 Å². The summed E-state index contributed by atoms with van der Waals surface area (Å²) in [6.07, 6.45) is 5.94. The smallest absolute Gasteiger partial charge is 0.151 e. The summed E-state index contributed by atoms with van der Waals surface area (Å²) in [5.74, 6) is 1.07. The second-order valence-corrected chi connectivity index (χ2v) is 7.96. The molecule has 0 bridgehead atoms. The lowest BCUT2D eigenvalue weighted by Gasteiger charge is -2.27. The van der Waals surface area contributed by atoms with Gasteiger partial charge in [0.1, 0.15) is 0 Å². The Balaban J connectivity index is 1.72. The molecule has 0 aromatic carbocycles. The lowest BCUT2D eigenvalue weighted by Crippen LogP contribution is -2.37. The number of rotatable bonds is 5. The standard InChI is InChI=1S/C13H26N2O2S/c16-18(17,12-13-5-4-6-14-11-13)10-9-15-7-2-1-3-8-15/h13-14H,1-12H2. The summed E-state index contributed by atoms with van der Waals surface area (Å²) >= 11 is 0. The summed E-state index contributed by atoms with van der Waals surface area (Å²) < 4.78 is 24.2. The van der Waals surface area contributed by atoms with Gasteiger partial charge < -0.3 is 10.2 Å². The molecule has 1 atom stereocenters. The molecule has 1 unspecified atom stereocenters. The molecule has 2 rings (SSSR count). The van der Waals surface area contributed by atoms with Crippen molar-refractivity contribution >= 4 is 9.84 Å². The zero-order valence-corrected chi connectivity index (χ0v) is 12.1. The SMILES string of the molecule is O=S(=O)(CCN1CCCCC1)CC1CCCNC1. The van der Waals surface area contributed by atoms with Crippen LogP contribution in [0.5, 0.6) is 0 Å². The second kappa shape index (κ2) is 6.87. The van der Waals surface area contributed by atoms with Crippen molar-refractivity contribution in [3.05, 3.63) is 0 Å². The van der Waals surface area contributed by atoms with Crippen LogP contribution < -0.4 is 5.32 Å². The third-order valence-electron chi connectivity index (χ3n) is 4.06.